The molecule has 118 valence electrons. The molecule has 0 radical (unpaired) electrons. The molecule has 1 fully saturated rings. The molecule has 1 aromatic carbocycles. The Morgan fingerprint density at radius 1 is 1.27 bits per heavy atom. The molecule has 0 N–H and O–H groups in total. The molecule has 0 saturated carbocycles. The minimum absolute atomic E-state index is 0.0310. The van der Waals surface area contributed by atoms with Gasteiger partial charge < -0.3 is 0 Å². The number of aromatic nitrogens is 3. The van der Waals surface area contributed by atoms with E-state index in [-0.39, 0.29) is 25.2 Å². The van der Waals surface area contributed by atoms with Gasteiger partial charge in [-0.2, -0.15) is 17.9 Å². The number of alkyl halides is 3. The fourth-order valence-corrected chi connectivity index (χ4v) is 2.76. The molecule has 1 aliphatic heterocycles. The van der Waals surface area contributed by atoms with Crippen molar-refractivity contribution in [3.8, 4) is 0 Å². The molecule has 5 nitrogen and oxygen atoms in total. The molecule has 0 bridgehead atoms. The predicted molar refractivity (Wildman–Crippen MR) is 74.2 cm³/mol. The zero-order chi connectivity index (χ0) is 15.7. The SMILES string of the molecule is O=c1c2ccccc2nnn1CN1CCCC(C(F)(F)F)C1. The van der Waals surface area contributed by atoms with Crippen LogP contribution in [-0.4, -0.2) is 39.2 Å². The molecule has 0 spiro atoms. The highest BCUT2D eigenvalue weighted by molar-refractivity contribution is 5.76. The van der Waals surface area contributed by atoms with Gasteiger partial charge in [0.1, 0.15) is 5.52 Å². The molecule has 2 heterocycles. The molecular formula is C14H15F3N4O. The number of fused-ring (bicyclic) bond motifs is 1. The highest BCUT2D eigenvalue weighted by atomic mass is 19.4. The maximum absolute atomic E-state index is 12.8. The Labute approximate surface area is 124 Å². The Hall–Kier alpha value is -1.96. The molecule has 0 amide bonds. The van der Waals surface area contributed by atoms with Gasteiger partial charge in [-0.3, -0.25) is 9.69 Å². The molecule has 1 aliphatic rings. The van der Waals surface area contributed by atoms with Gasteiger partial charge in [0.2, 0.25) is 0 Å². The van der Waals surface area contributed by atoms with Crippen molar-refractivity contribution in [1.82, 2.24) is 19.9 Å². The maximum Gasteiger partial charge on any atom is 0.393 e. The van der Waals surface area contributed by atoms with Crippen LogP contribution in [0.2, 0.25) is 0 Å². The third kappa shape index (κ3) is 2.96. The summed E-state index contributed by atoms with van der Waals surface area (Å²) in [6.45, 7) is 0.446. The Balaban J connectivity index is 1.81. The van der Waals surface area contributed by atoms with Crippen molar-refractivity contribution in [3.63, 3.8) is 0 Å². The fraction of sp³-hybridized carbons (Fsp3) is 0.500. The third-order valence-corrected chi connectivity index (χ3v) is 3.93. The fourth-order valence-electron chi connectivity index (χ4n) is 2.76. The minimum atomic E-state index is -4.20. The quantitative estimate of drug-likeness (QED) is 0.851. The molecule has 1 unspecified atom stereocenters. The van der Waals surface area contributed by atoms with Crippen LogP contribution < -0.4 is 5.56 Å². The summed E-state index contributed by atoms with van der Waals surface area (Å²) < 4.78 is 39.6. The predicted octanol–water partition coefficient (Wildman–Crippen LogP) is 2.02. The van der Waals surface area contributed by atoms with E-state index in [1.54, 1.807) is 29.2 Å². The van der Waals surface area contributed by atoms with Crippen LogP contribution in [0.3, 0.4) is 0 Å². The van der Waals surface area contributed by atoms with E-state index in [0.717, 1.165) is 4.68 Å². The summed E-state index contributed by atoms with van der Waals surface area (Å²) >= 11 is 0. The number of hydrogen-bond donors (Lipinski definition) is 0. The Kier molecular flexibility index (Phi) is 3.86. The van der Waals surface area contributed by atoms with Crippen LogP contribution in [0.15, 0.2) is 29.1 Å². The third-order valence-electron chi connectivity index (χ3n) is 3.93. The second kappa shape index (κ2) is 5.68. The van der Waals surface area contributed by atoms with Crippen molar-refractivity contribution >= 4 is 10.9 Å². The summed E-state index contributed by atoms with van der Waals surface area (Å²) in [5.74, 6) is -1.34. The number of nitrogens with zero attached hydrogens (tertiary/aromatic N) is 4. The highest BCUT2D eigenvalue weighted by Crippen LogP contribution is 2.33. The lowest BCUT2D eigenvalue weighted by Gasteiger charge is -2.33. The van der Waals surface area contributed by atoms with Gasteiger partial charge in [0.15, 0.2) is 0 Å². The van der Waals surface area contributed by atoms with Crippen molar-refractivity contribution in [2.75, 3.05) is 13.1 Å². The minimum Gasteiger partial charge on any atom is -0.284 e. The van der Waals surface area contributed by atoms with Gasteiger partial charge in [0.05, 0.1) is 18.0 Å². The van der Waals surface area contributed by atoms with Gasteiger partial charge in [-0.1, -0.05) is 17.3 Å². The van der Waals surface area contributed by atoms with Crippen LogP contribution in [0.4, 0.5) is 13.2 Å². The van der Waals surface area contributed by atoms with Crippen molar-refractivity contribution in [2.45, 2.75) is 25.7 Å². The molecule has 3 rings (SSSR count). The first-order valence-corrected chi connectivity index (χ1v) is 7.07. The first-order chi connectivity index (χ1) is 10.4. The van der Waals surface area contributed by atoms with Crippen LogP contribution in [-0.2, 0) is 6.67 Å². The number of halogens is 3. The largest absolute Gasteiger partial charge is 0.393 e. The van der Waals surface area contributed by atoms with Gasteiger partial charge in [0, 0.05) is 6.54 Å². The topological polar surface area (TPSA) is 51.0 Å². The van der Waals surface area contributed by atoms with Gasteiger partial charge in [-0.15, -0.1) is 5.10 Å². The zero-order valence-corrected chi connectivity index (χ0v) is 11.8. The smallest absolute Gasteiger partial charge is 0.284 e. The first kappa shape index (κ1) is 15.0. The van der Waals surface area contributed by atoms with Gasteiger partial charge in [0.25, 0.3) is 5.56 Å². The molecular weight excluding hydrogens is 297 g/mol. The van der Waals surface area contributed by atoms with E-state index < -0.39 is 12.1 Å². The summed E-state index contributed by atoms with van der Waals surface area (Å²) in [6.07, 6.45) is -3.60. The van der Waals surface area contributed by atoms with Crippen LogP contribution in [0.1, 0.15) is 12.8 Å². The van der Waals surface area contributed by atoms with Crippen LogP contribution in [0, 0.1) is 5.92 Å². The Bertz CT molecular complexity index is 728. The molecule has 1 aromatic heterocycles. The summed E-state index contributed by atoms with van der Waals surface area (Å²) in [7, 11) is 0. The first-order valence-electron chi connectivity index (χ1n) is 7.07. The molecule has 1 atom stereocenters. The van der Waals surface area contributed by atoms with E-state index in [1.165, 1.54) is 0 Å². The van der Waals surface area contributed by atoms with Crippen LogP contribution >= 0.6 is 0 Å². The Morgan fingerprint density at radius 2 is 2.05 bits per heavy atom. The molecule has 2 aromatic rings. The molecule has 0 aliphatic carbocycles. The monoisotopic (exact) mass is 312 g/mol. The van der Waals surface area contributed by atoms with Crippen molar-refractivity contribution in [2.24, 2.45) is 5.92 Å². The van der Waals surface area contributed by atoms with E-state index in [9.17, 15) is 18.0 Å². The second-order valence-electron chi connectivity index (χ2n) is 5.51. The maximum atomic E-state index is 12.8. The lowest BCUT2D eigenvalue weighted by Crippen LogP contribution is -2.44. The van der Waals surface area contributed by atoms with Crippen LogP contribution in [0.5, 0.6) is 0 Å². The Morgan fingerprint density at radius 3 is 2.82 bits per heavy atom. The van der Waals surface area contributed by atoms with E-state index >= 15 is 0 Å². The van der Waals surface area contributed by atoms with E-state index in [2.05, 4.69) is 10.3 Å². The average molecular weight is 312 g/mol. The second-order valence-corrected chi connectivity index (χ2v) is 5.51. The molecule has 1 saturated heterocycles. The summed E-state index contributed by atoms with van der Waals surface area (Å²) in [5, 5.41) is 8.18. The lowest BCUT2D eigenvalue weighted by molar-refractivity contribution is -0.188. The number of likely N-dealkylation sites (tertiary alicyclic amines) is 1. The van der Waals surface area contributed by atoms with Gasteiger partial charge >= 0.3 is 6.18 Å². The highest BCUT2D eigenvalue weighted by Gasteiger charge is 2.41. The van der Waals surface area contributed by atoms with Gasteiger partial charge in [-0.05, 0) is 31.5 Å². The average Bonchev–Trinajstić information content (AvgIpc) is 2.50. The van der Waals surface area contributed by atoms with E-state index in [1.807, 2.05) is 0 Å². The van der Waals surface area contributed by atoms with Crippen molar-refractivity contribution in [1.29, 1.82) is 0 Å². The molecule has 8 heteroatoms. The van der Waals surface area contributed by atoms with E-state index in [4.69, 9.17) is 0 Å². The number of benzene rings is 1. The summed E-state index contributed by atoms with van der Waals surface area (Å²) in [6, 6.07) is 6.78. The summed E-state index contributed by atoms with van der Waals surface area (Å²) in [5.41, 5.74) is 0.148. The summed E-state index contributed by atoms with van der Waals surface area (Å²) in [4.78, 5) is 13.9. The number of piperidine rings is 1. The molecule has 22 heavy (non-hydrogen) atoms. The van der Waals surface area contributed by atoms with E-state index in [0.29, 0.717) is 23.9 Å². The zero-order valence-electron chi connectivity index (χ0n) is 11.8. The number of hydrogen-bond acceptors (Lipinski definition) is 4. The van der Waals surface area contributed by atoms with Crippen molar-refractivity contribution in [3.05, 3.63) is 34.6 Å². The van der Waals surface area contributed by atoms with Crippen molar-refractivity contribution < 1.29 is 13.2 Å². The lowest BCUT2D eigenvalue weighted by atomic mass is 9.98. The normalized spacial score (nSPS) is 20.4. The number of rotatable bonds is 2. The van der Waals surface area contributed by atoms with Gasteiger partial charge in [-0.25, -0.2) is 0 Å². The van der Waals surface area contributed by atoms with Crippen LogP contribution in [0.25, 0.3) is 10.9 Å². The standard InChI is InChI=1S/C14H15F3N4O/c15-14(16,17)10-4-3-7-20(8-10)9-21-13(22)11-5-1-2-6-12(11)18-19-21/h1-2,5-6,10H,3-4,7-9H2.